The van der Waals surface area contributed by atoms with Crippen LogP contribution in [0.4, 0.5) is 0 Å². The van der Waals surface area contributed by atoms with Gasteiger partial charge in [-0.25, -0.2) is 4.68 Å². The highest BCUT2D eigenvalue weighted by Crippen LogP contribution is 2.10. The summed E-state index contributed by atoms with van der Waals surface area (Å²) < 4.78 is 1.86. The molecule has 0 saturated carbocycles. The van der Waals surface area contributed by atoms with Crippen LogP contribution in [0.3, 0.4) is 0 Å². The zero-order chi connectivity index (χ0) is 15.8. The van der Waals surface area contributed by atoms with Crippen molar-refractivity contribution >= 4 is 5.91 Å². The zero-order valence-corrected chi connectivity index (χ0v) is 13.5. The molecule has 0 fully saturated rings. The molecule has 0 saturated heterocycles. The van der Waals surface area contributed by atoms with Crippen LogP contribution >= 0.6 is 0 Å². The summed E-state index contributed by atoms with van der Waals surface area (Å²) in [5, 5.41) is 4.37. The van der Waals surface area contributed by atoms with Gasteiger partial charge >= 0.3 is 0 Å². The van der Waals surface area contributed by atoms with Crippen LogP contribution < -0.4 is 0 Å². The lowest BCUT2D eigenvalue weighted by Gasteiger charge is -2.21. The monoisotopic (exact) mass is 299 g/mol. The van der Waals surface area contributed by atoms with Crippen molar-refractivity contribution in [2.24, 2.45) is 0 Å². The number of hydrogen-bond donors (Lipinski definition) is 0. The second-order valence-corrected chi connectivity index (χ2v) is 5.51. The maximum absolute atomic E-state index is 12.3. The molecule has 118 valence electrons. The number of para-hydroxylation sites is 1. The van der Waals surface area contributed by atoms with E-state index in [1.165, 1.54) is 0 Å². The van der Waals surface area contributed by atoms with Gasteiger partial charge in [0.05, 0.1) is 11.9 Å². The zero-order valence-electron chi connectivity index (χ0n) is 13.5. The Morgan fingerprint density at radius 1 is 1.14 bits per heavy atom. The number of aromatic nitrogens is 2. The van der Waals surface area contributed by atoms with Gasteiger partial charge in [0.1, 0.15) is 0 Å². The highest BCUT2D eigenvalue weighted by molar-refractivity contribution is 5.76. The molecule has 0 aliphatic carbocycles. The molecule has 0 spiro atoms. The largest absolute Gasteiger partial charge is 0.343 e. The first-order chi connectivity index (χ1) is 10.7. The topological polar surface area (TPSA) is 38.1 Å². The van der Waals surface area contributed by atoms with E-state index in [9.17, 15) is 4.79 Å². The van der Waals surface area contributed by atoms with Gasteiger partial charge in [0.25, 0.3) is 0 Å². The first-order valence-electron chi connectivity index (χ1n) is 8.11. The Labute approximate surface area is 132 Å². The van der Waals surface area contributed by atoms with Gasteiger partial charge in [0, 0.05) is 25.7 Å². The lowest BCUT2D eigenvalue weighted by Crippen LogP contribution is -2.32. The van der Waals surface area contributed by atoms with E-state index < -0.39 is 0 Å². The van der Waals surface area contributed by atoms with Crippen LogP contribution in [-0.2, 0) is 11.2 Å². The Balaban J connectivity index is 1.92. The molecule has 1 aromatic heterocycles. The van der Waals surface area contributed by atoms with Crippen molar-refractivity contribution in [3.8, 4) is 5.69 Å². The fourth-order valence-corrected chi connectivity index (χ4v) is 2.52. The fourth-order valence-electron chi connectivity index (χ4n) is 2.52. The molecule has 22 heavy (non-hydrogen) atoms. The number of rotatable bonds is 8. The average Bonchev–Trinajstić information content (AvgIpc) is 3.02. The van der Waals surface area contributed by atoms with Gasteiger partial charge in [-0.2, -0.15) is 5.10 Å². The number of nitrogens with zero attached hydrogens (tertiary/aromatic N) is 3. The van der Waals surface area contributed by atoms with Gasteiger partial charge in [0.15, 0.2) is 0 Å². The third-order valence-corrected chi connectivity index (χ3v) is 3.62. The summed E-state index contributed by atoms with van der Waals surface area (Å²) in [6, 6.07) is 10.0. The minimum Gasteiger partial charge on any atom is -0.343 e. The number of carbonyl (C=O) groups excluding carboxylic acids is 1. The van der Waals surface area contributed by atoms with Gasteiger partial charge in [-0.1, -0.05) is 32.0 Å². The van der Waals surface area contributed by atoms with Crippen molar-refractivity contribution in [1.82, 2.24) is 14.7 Å². The van der Waals surface area contributed by atoms with Crippen molar-refractivity contribution in [2.45, 2.75) is 39.5 Å². The van der Waals surface area contributed by atoms with Crippen LogP contribution in [0.1, 0.15) is 38.7 Å². The van der Waals surface area contributed by atoms with Gasteiger partial charge in [0.2, 0.25) is 5.91 Å². The molecular weight excluding hydrogens is 274 g/mol. The second kappa shape index (κ2) is 8.37. The molecule has 0 unspecified atom stereocenters. The minimum atomic E-state index is 0.246. The van der Waals surface area contributed by atoms with E-state index in [1.54, 1.807) is 0 Å². The third-order valence-electron chi connectivity index (χ3n) is 3.62. The summed E-state index contributed by atoms with van der Waals surface area (Å²) in [6.45, 7) is 5.94. The van der Waals surface area contributed by atoms with Crippen molar-refractivity contribution < 1.29 is 4.79 Å². The molecule has 2 aromatic rings. The van der Waals surface area contributed by atoms with Crippen LogP contribution in [0, 0.1) is 0 Å². The van der Waals surface area contributed by atoms with Crippen LogP contribution in [0.15, 0.2) is 42.7 Å². The van der Waals surface area contributed by atoms with Crippen molar-refractivity contribution in [3.05, 3.63) is 48.3 Å². The highest BCUT2D eigenvalue weighted by Gasteiger charge is 2.12. The van der Waals surface area contributed by atoms with E-state index >= 15 is 0 Å². The fraction of sp³-hybridized carbons (Fsp3) is 0.444. The standard InChI is InChI=1S/C18H25N3O/c1-3-12-20(13-4-2)18(22)11-10-16-14-19-21(15-16)17-8-6-5-7-9-17/h5-9,14-15H,3-4,10-13H2,1-2H3. The summed E-state index contributed by atoms with van der Waals surface area (Å²) in [6.07, 6.45) is 7.18. The molecule has 1 aromatic carbocycles. The molecule has 0 radical (unpaired) electrons. The molecule has 4 nitrogen and oxygen atoms in total. The SMILES string of the molecule is CCCN(CCC)C(=O)CCc1cnn(-c2ccccc2)c1. The Morgan fingerprint density at radius 3 is 2.45 bits per heavy atom. The molecule has 0 atom stereocenters. The first-order valence-corrected chi connectivity index (χ1v) is 8.11. The van der Waals surface area contributed by atoms with Crippen molar-refractivity contribution in [3.63, 3.8) is 0 Å². The lowest BCUT2D eigenvalue weighted by molar-refractivity contribution is -0.131. The lowest BCUT2D eigenvalue weighted by atomic mass is 10.2. The van der Waals surface area contributed by atoms with Crippen LogP contribution in [0.5, 0.6) is 0 Å². The van der Waals surface area contributed by atoms with Gasteiger partial charge in [-0.15, -0.1) is 0 Å². The molecule has 0 N–H and O–H groups in total. The summed E-state index contributed by atoms with van der Waals surface area (Å²) in [5.74, 6) is 0.246. The van der Waals surface area contributed by atoms with E-state index in [-0.39, 0.29) is 5.91 Å². The highest BCUT2D eigenvalue weighted by atomic mass is 16.2. The molecule has 0 aliphatic heterocycles. The third kappa shape index (κ3) is 4.45. The van der Waals surface area contributed by atoms with E-state index in [2.05, 4.69) is 18.9 Å². The molecule has 1 amide bonds. The number of aryl methyl sites for hydroxylation is 1. The van der Waals surface area contributed by atoms with E-state index in [4.69, 9.17) is 0 Å². The quantitative estimate of drug-likeness (QED) is 0.748. The molecular formula is C18H25N3O. The first kappa shape index (κ1) is 16.3. The number of benzene rings is 1. The van der Waals surface area contributed by atoms with Crippen LogP contribution in [0.2, 0.25) is 0 Å². The predicted octanol–water partition coefficient (Wildman–Crippen LogP) is 3.45. The molecule has 0 bridgehead atoms. The summed E-state index contributed by atoms with van der Waals surface area (Å²) in [5.41, 5.74) is 2.14. The Morgan fingerprint density at radius 2 is 1.82 bits per heavy atom. The van der Waals surface area contributed by atoms with Gasteiger partial charge in [-0.3, -0.25) is 4.79 Å². The average molecular weight is 299 g/mol. The van der Waals surface area contributed by atoms with E-state index in [0.29, 0.717) is 6.42 Å². The smallest absolute Gasteiger partial charge is 0.222 e. The van der Waals surface area contributed by atoms with Crippen LogP contribution in [0.25, 0.3) is 5.69 Å². The molecule has 1 heterocycles. The van der Waals surface area contributed by atoms with Gasteiger partial charge in [-0.05, 0) is 37.0 Å². The normalized spacial score (nSPS) is 10.6. The Hall–Kier alpha value is -2.10. The summed E-state index contributed by atoms with van der Waals surface area (Å²) >= 11 is 0. The number of carbonyl (C=O) groups is 1. The van der Waals surface area contributed by atoms with Crippen molar-refractivity contribution in [1.29, 1.82) is 0 Å². The number of hydrogen-bond acceptors (Lipinski definition) is 2. The van der Waals surface area contributed by atoms with Crippen LogP contribution in [-0.4, -0.2) is 33.7 Å². The Bertz CT molecular complexity index is 571. The molecule has 2 rings (SSSR count). The summed E-state index contributed by atoms with van der Waals surface area (Å²) in [7, 11) is 0. The molecule has 0 aliphatic rings. The van der Waals surface area contributed by atoms with Gasteiger partial charge < -0.3 is 4.90 Å². The maximum Gasteiger partial charge on any atom is 0.222 e. The summed E-state index contributed by atoms with van der Waals surface area (Å²) in [4.78, 5) is 14.2. The van der Waals surface area contributed by atoms with Crippen molar-refractivity contribution in [2.75, 3.05) is 13.1 Å². The Kier molecular flexibility index (Phi) is 6.19. The van der Waals surface area contributed by atoms with E-state index in [0.717, 1.165) is 43.6 Å². The molecule has 4 heteroatoms. The van der Waals surface area contributed by atoms with E-state index in [1.807, 2.05) is 52.3 Å². The predicted molar refractivity (Wildman–Crippen MR) is 89.0 cm³/mol. The minimum absolute atomic E-state index is 0.246. The number of amides is 1. The maximum atomic E-state index is 12.3. The second-order valence-electron chi connectivity index (χ2n) is 5.51.